The predicted molar refractivity (Wildman–Crippen MR) is 115 cm³/mol. The minimum absolute atomic E-state index is 0.266. The normalized spacial score (nSPS) is 10.6. The lowest BCUT2D eigenvalue weighted by molar-refractivity contribution is 0.267. The van der Waals surface area contributed by atoms with Crippen molar-refractivity contribution in [3.63, 3.8) is 0 Å². The molecular formula is C22H20BrClFNO2. The Kier molecular flexibility index (Phi) is 7.18. The largest absolute Gasteiger partial charge is 0.490 e. The second kappa shape index (κ2) is 9.80. The lowest BCUT2D eigenvalue weighted by atomic mass is 10.2. The minimum atomic E-state index is -0.266. The maximum atomic E-state index is 13.1. The molecule has 0 spiro atoms. The van der Waals surface area contributed by atoms with Gasteiger partial charge in [-0.15, -0.1) is 0 Å². The van der Waals surface area contributed by atoms with Gasteiger partial charge in [0.1, 0.15) is 12.4 Å². The van der Waals surface area contributed by atoms with Crippen LogP contribution in [-0.2, 0) is 13.2 Å². The third-order valence-corrected chi connectivity index (χ3v) is 4.85. The lowest BCUT2D eigenvalue weighted by Crippen LogP contribution is -2.04. The Morgan fingerprint density at radius 3 is 2.36 bits per heavy atom. The van der Waals surface area contributed by atoms with E-state index in [0.717, 1.165) is 21.3 Å². The van der Waals surface area contributed by atoms with Gasteiger partial charge in [-0.25, -0.2) is 4.39 Å². The molecule has 0 atom stereocenters. The van der Waals surface area contributed by atoms with Crippen molar-refractivity contribution in [2.24, 2.45) is 0 Å². The van der Waals surface area contributed by atoms with E-state index in [4.69, 9.17) is 21.1 Å². The highest BCUT2D eigenvalue weighted by Crippen LogP contribution is 2.37. The Balaban J connectivity index is 1.73. The molecule has 1 N–H and O–H groups in total. The molecule has 3 aromatic carbocycles. The number of hydrogen-bond acceptors (Lipinski definition) is 3. The van der Waals surface area contributed by atoms with Gasteiger partial charge in [-0.2, -0.15) is 0 Å². The summed E-state index contributed by atoms with van der Waals surface area (Å²) in [5.74, 6) is 1.02. The molecule has 0 saturated carbocycles. The molecule has 146 valence electrons. The molecule has 0 aliphatic rings. The van der Waals surface area contributed by atoms with Gasteiger partial charge >= 0.3 is 0 Å². The Hall–Kier alpha value is -2.24. The summed E-state index contributed by atoms with van der Waals surface area (Å²) in [7, 11) is 0. The molecule has 0 aliphatic heterocycles. The average Bonchev–Trinajstić information content (AvgIpc) is 2.68. The van der Waals surface area contributed by atoms with Crippen LogP contribution in [0.3, 0.4) is 0 Å². The SMILES string of the molecule is CCOc1cc(CNc2ccc(Cl)cc2)cc(Br)c1OCc1ccc(F)cc1. The van der Waals surface area contributed by atoms with E-state index < -0.39 is 0 Å². The number of benzene rings is 3. The summed E-state index contributed by atoms with van der Waals surface area (Å²) in [5, 5.41) is 4.06. The number of anilines is 1. The van der Waals surface area contributed by atoms with Gasteiger partial charge in [0.15, 0.2) is 11.5 Å². The monoisotopic (exact) mass is 463 g/mol. The van der Waals surface area contributed by atoms with Crippen LogP contribution in [0.25, 0.3) is 0 Å². The second-order valence-corrected chi connectivity index (χ2v) is 7.40. The van der Waals surface area contributed by atoms with E-state index in [-0.39, 0.29) is 5.82 Å². The van der Waals surface area contributed by atoms with Crippen LogP contribution in [0, 0.1) is 5.82 Å². The molecule has 28 heavy (non-hydrogen) atoms. The molecule has 3 rings (SSSR count). The third-order valence-electron chi connectivity index (χ3n) is 4.01. The van der Waals surface area contributed by atoms with E-state index in [1.165, 1.54) is 12.1 Å². The number of halogens is 3. The Bertz CT molecular complexity index is 917. The molecular weight excluding hydrogens is 445 g/mol. The first-order valence-corrected chi connectivity index (χ1v) is 10.0. The van der Waals surface area contributed by atoms with Crippen LogP contribution in [0.2, 0.25) is 5.02 Å². The van der Waals surface area contributed by atoms with Gasteiger partial charge in [-0.3, -0.25) is 0 Å². The van der Waals surface area contributed by atoms with Gasteiger partial charge < -0.3 is 14.8 Å². The Morgan fingerprint density at radius 1 is 0.964 bits per heavy atom. The van der Waals surface area contributed by atoms with Crippen molar-refractivity contribution in [2.45, 2.75) is 20.1 Å². The molecule has 0 aromatic heterocycles. The molecule has 0 fully saturated rings. The van der Waals surface area contributed by atoms with E-state index in [0.29, 0.717) is 36.3 Å². The minimum Gasteiger partial charge on any atom is -0.490 e. The van der Waals surface area contributed by atoms with Gasteiger partial charge in [-0.1, -0.05) is 23.7 Å². The van der Waals surface area contributed by atoms with E-state index in [1.807, 2.05) is 43.3 Å². The van der Waals surface area contributed by atoms with Crippen LogP contribution < -0.4 is 14.8 Å². The Labute approximate surface area is 177 Å². The van der Waals surface area contributed by atoms with Crippen molar-refractivity contribution in [2.75, 3.05) is 11.9 Å². The number of rotatable bonds is 8. The highest BCUT2D eigenvalue weighted by Gasteiger charge is 2.13. The highest BCUT2D eigenvalue weighted by atomic mass is 79.9. The van der Waals surface area contributed by atoms with Crippen LogP contribution >= 0.6 is 27.5 Å². The fourth-order valence-corrected chi connectivity index (χ4v) is 3.36. The van der Waals surface area contributed by atoms with Gasteiger partial charge in [-0.05, 0) is 82.5 Å². The molecule has 0 saturated heterocycles. The van der Waals surface area contributed by atoms with Crippen LogP contribution in [0.1, 0.15) is 18.1 Å². The first kappa shape index (κ1) is 20.5. The zero-order chi connectivity index (χ0) is 19.9. The first-order valence-electron chi connectivity index (χ1n) is 8.87. The third kappa shape index (κ3) is 5.63. The van der Waals surface area contributed by atoms with Crippen LogP contribution in [0.4, 0.5) is 10.1 Å². The summed E-state index contributed by atoms with van der Waals surface area (Å²) in [6.45, 7) is 3.39. The lowest BCUT2D eigenvalue weighted by Gasteiger charge is -2.16. The van der Waals surface area contributed by atoms with Crippen LogP contribution in [0.5, 0.6) is 11.5 Å². The number of ether oxygens (including phenoxy) is 2. The van der Waals surface area contributed by atoms with Crippen molar-refractivity contribution in [1.29, 1.82) is 0 Å². The highest BCUT2D eigenvalue weighted by molar-refractivity contribution is 9.10. The summed E-state index contributed by atoms with van der Waals surface area (Å²) < 4.78 is 25.6. The summed E-state index contributed by atoms with van der Waals surface area (Å²) in [6.07, 6.45) is 0. The molecule has 0 amide bonds. The van der Waals surface area contributed by atoms with Crippen molar-refractivity contribution in [3.8, 4) is 11.5 Å². The standard InChI is InChI=1S/C22H20BrClFNO2/c1-2-27-21-12-16(13-26-19-9-5-17(24)6-10-19)11-20(23)22(21)28-14-15-3-7-18(25)8-4-15/h3-12,26H,2,13-14H2,1H3. The van der Waals surface area contributed by atoms with Gasteiger partial charge in [0, 0.05) is 17.3 Å². The molecule has 0 radical (unpaired) electrons. The van der Waals surface area contributed by atoms with Crippen molar-refractivity contribution >= 4 is 33.2 Å². The van der Waals surface area contributed by atoms with Crippen LogP contribution in [-0.4, -0.2) is 6.61 Å². The Morgan fingerprint density at radius 2 is 1.68 bits per heavy atom. The first-order chi connectivity index (χ1) is 13.5. The quantitative estimate of drug-likeness (QED) is 0.396. The molecule has 0 heterocycles. The molecule has 6 heteroatoms. The van der Waals surface area contributed by atoms with Gasteiger partial charge in [0.2, 0.25) is 0 Å². The van der Waals surface area contributed by atoms with Crippen molar-refractivity contribution in [3.05, 3.63) is 87.1 Å². The van der Waals surface area contributed by atoms with Gasteiger partial charge in [0.05, 0.1) is 11.1 Å². The summed E-state index contributed by atoms with van der Waals surface area (Å²) in [5.41, 5.74) is 2.90. The smallest absolute Gasteiger partial charge is 0.175 e. The maximum Gasteiger partial charge on any atom is 0.175 e. The summed E-state index contributed by atoms with van der Waals surface area (Å²) in [4.78, 5) is 0. The summed E-state index contributed by atoms with van der Waals surface area (Å²) in [6, 6.07) is 17.7. The van der Waals surface area contributed by atoms with Crippen molar-refractivity contribution in [1.82, 2.24) is 0 Å². The summed E-state index contributed by atoms with van der Waals surface area (Å²) >= 11 is 9.50. The van der Waals surface area contributed by atoms with Crippen molar-refractivity contribution < 1.29 is 13.9 Å². The number of hydrogen-bond donors (Lipinski definition) is 1. The molecule has 0 aliphatic carbocycles. The second-order valence-electron chi connectivity index (χ2n) is 6.11. The zero-order valence-electron chi connectivity index (χ0n) is 15.3. The average molecular weight is 465 g/mol. The van der Waals surface area contributed by atoms with Gasteiger partial charge in [0.25, 0.3) is 0 Å². The molecule has 0 unspecified atom stereocenters. The molecule has 3 nitrogen and oxygen atoms in total. The molecule has 3 aromatic rings. The topological polar surface area (TPSA) is 30.5 Å². The van der Waals surface area contributed by atoms with Crippen LogP contribution in [0.15, 0.2) is 65.1 Å². The fourth-order valence-electron chi connectivity index (χ4n) is 2.63. The van der Waals surface area contributed by atoms with E-state index in [2.05, 4.69) is 21.2 Å². The van der Waals surface area contributed by atoms with E-state index in [9.17, 15) is 4.39 Å². The van der Waals surface area contributed by atoms with E-state index >= 15 is 0 Å². The zero-order valence-corrected chi connectivity index (χ0v) is 17.7. The predicted octanol–water partition coefficient (Wildman–Crippen LogP) is 6.83. The number of nitrogens with one attached hydrogen (secondary N) is 1. The maximum absolute atomic E-state index is 13.1. The fraction of sp³-hybridized carbons (Fsp3) is 0.182. The van der Waals surface area contributed by atoms with E-state index in [1.54, 1.807) is 12.1 Å². The molecule has 0 bridgehead atoms.